The SMILES string of the molecule is CCCCC([NH])O. The Labute approximate surface area is 44.3 Å². The number of rotatable bonds is 3. The zero-order chi connectivity index (χ0) is 5.70. The molecule has 0 fully saturated rings. The lowest BCUT2D eigenvalue weighted by atomic mass is 10.2. The Morgan fingerprint density at radius 1 is 1.71 bits per heavy atom. The van der Waals surface area contributed by atoms with Gasteiger partial charge in [-0.05, 0) is 12.8 Å². The Kier molecular flexibility index (Phi) is 4.04. The van der Waals surface area contributed by atoms with Gasteiger partial charge in [0, 0.05) is 0 Å². The van der Waals surface area contributed by atoms with E-state index >= 15 is 0 Å². The number of aliphatic hydroxyl groups excluding tert-OH is 1. The summed E-state index contributed by atoms with van der Waals surface area (Å²) in [5.41, 5.74) is 6.64. The highest BCUT2D eigenvalue weighted by Crippen LogP contribution is 1.94. The third-order valence-corrected chi connectivity index (χ3v) is 0.831. The molecule has 0 saturated heterocycles. The van der Waals surface area contributed by atoms with Crippen LogP contribution in [-0.2, 0) is 0 Å². The summed E-state index contributed by atoms with van der Waals surface area (Å²) < 4.78 is 0. The molecule has 0 heterocycles. The van der Waals surface area contributed by atoms with Crippen molar-refractivity contribution in [3.63, 3.8) is 0 Å². The maximum absolute atomic E-state index is 8.35. The van der Waals surface area contributed by atoms with Gasteiger partial charge in [-0.3, -0.25) is 0 Å². The fourth-order valence-corrected chi connectivity index (χ4v) is 0.397. The average molecular weight is 102 g/mol. The summed E-state index contributed by atoms with van der Waals surface area (Å²) in [5, 5.41) is 8.35. The minimum Gasteiger partial charge on any atom is -0.377 e. The predicted molar refractivity (Wildman–Crippen MR) is 28.6 cm³/mol. The average Bonchev–Trinajstić information content (AvgIpc) is 1.61. The van der Waals surface area contributed by atoms with E-state index in [1.165, 1.54) is 0 Å². The second-order valence-corrected chi connectivity index (χ2v) is 1.66. The number of hydrogen-bond donors (Lipinski definition) is 1. The van der Waals surface area contributed by atoms with E-state index < -0.39 is 6.23 Å². The minimum absolute atomic E-state index is 0.622. The first-order chi connectivity index (χ1) is 3.27. The molecule has 2 N–H and O–H groups in total. The number of nitrogens with one attached hydrogen (secondary N) is 1. The van der Waals surface area contributed by atoms with Gasteiger partial charge in [0.2, 0.25) is 0 Å². The van der Waals surface area contributed by atoms with Crippen molar-refractivity contribution in [1.82, 2.24) is 5.73 Å². The second-order valence-electron chi connectivity index (χ2n) is 1.66. The number of aliphatic hydroxyl groups is 1. The molecule has 0 aliphatic carbocycles. The Hall–Kier alpha value is -0.0800. The maximum atomic E-state index is 8.35. The van der Waals surface area contributed by atoms with Gasteiger partial charge in [0.25, 0.3) is 0 Å². The van der Waals surface area contributed by atoms with Gasteiger partial charge in [0.15, 0.2) is 0 Å². The molecule has 2 heteroatoms. The molecule has 0 aliphatic rings. The van der Waals surface area contributed by atoms with E-state index in [1.807, 2.05) is 6.92 Å². The summed E-state index contributed by atoms with van der Waals surface area (Å²) in [5.74, 6) is 0. The summed E-state index contributed by atoms with van der Waals surface area (Å²) >= 11 is 0. The van der Waals surface area contributed by atoms with Crippen molar-refractivity contribution in [2.45, 2.75) is 32.4 Å². The normalized spacial score (nSPS) is 14.1. The minimum atomic E-state index is -0.847. The highest BCUT2D eigenvalue weighted by Gasteiger charge is 1.91. The van der Waals surface area contributed by atoms with Crippen LogP contribution >= 0.6 is 0 Å². The van der Waals surface area contributed by atoms with Crippen molar-refractivity contribution >= 4 is 0 Å². The molecule has 0 aromatic heterocycles. The van der Waals surface area contributed by atoms with Crippen molar-refractivity contribution in [2.24, 2.45) is 0 Å². The topological polar surface area (TPSA) is 44.0 Å². The molecule has 0 aliphatic heterocycles. The molecule has 2 nitrogen and oxygen atoms in total. The van der Waals surface area contributed by atoms with E-state index in [1.54, 1.807) is 0 Å². The van der Waals surface area contributed by atoms with Crippen LogP contribution in [0.3, 0.4) is 0 Å². The van der Waals surface area contributed by atoms with Crippen LogP contribution in [-0.4, -0.2) is 11.3 Å². The van der Waals surface area contributed by atoms with Crippen LogP contribution in [0.4, 0.5) is 0 Å². The largest absolute Gasteiger partial charge is 0.377 e. The molecule has 1 unspecified atom stereocenters. The Morgan fingerprint density at radius 3 is 2.43 bits per heavy atom. The van der Waals surface area contributed by atoms with Crippen molar-refractivity contribution in [1.29, 1.82) is 0 Å². The van der Waals surface area contributed by atoms with Crippen LogP contribution in [0.25, 0.3) is 0 Å². The molecule has 1 radical (unpaired) electrons. The summed E-state index contributed by atoms with van der Waals surface area (Å²) in [6.07, 6.45) is 1.80. The van der Waals surface area contributed by atoms with Gasteiger partial charge in [-0.2, -0.15) is 0 Å². The number of hydrogen-bond acceptors (Lipinski definition) is 1. The molecule has 0 bridgehead atoms. The van der Waals surface area contributed by atoms with Gasteiger partial charge in [-0.25, -0.2) is 5.73 Å². The lowest BCUT2D eigenvalue weighted by Crippen LogP contribution is -2.05. The Balaban J connectivity index is 2.68. The van der Waals surface area contributed by atoms with E-state index in [9.17, 15) is 0 Å². The van der Waals surface area contributed by atoms with Crippen LogP contribution in [0, 0.1) is 0 Å². The first-order valence-electron chi connectivity index (χ1n) is 2.66. The molecule has 0 aromatic carbocycles. The molecule has 0 rings (SSSR count). The van der Waals surface area contributed by atoms with Crippen molar-refractivity contribution in [2.75, 3.05) is 0 Å². The third kappa shape index (κ3) is 5.92. The fourth-order valence-electron chi connectivity index (χ4n) is 0.397. The zero-order valence-corrected chi connectivity index (χ0v) is 4.65. The zero-order valence-electron chi connectivity index (χ0n) is 4.65. The van der Waals surface area contributed by atoms with Gasteiger partial charge in [-0.15, -0.1) is 0 Å². The third-order valence-electron chi connectivity index (χ3n) is 0.831. The number of unbranched alkanes of at least 4 members (excludes halogenated alkanes) is 1. The van der Waals surface area contributed by atoms with Crippen LogP contribution in [0.5, 0.6) is 0 Å². The molecule has 0 spiro atoms. The van der Waals surface area contributed by atoms with Gasteiger partial charge in [0.1, 0.15) is 6.23 Å². The Bertz CT molecular complexity index is 37.1. The first-order valence-corrected chi connectivity index (χ1v) is 2.66. The van der Waals surface area contributed by atoms with E-state index in [0.717, 1.165) is 12.8 Å². The Morgan fingerprint density at radius 2 is 2.29 bits per heavy atom. The standard InChI is InChI=1S/C5H12NO/c1-2-3-4-5(6)7/h5-7H,2-4H2,1H3. The lowest BCUT2D eigenvalue weighted by molar-refractivity contribution is 0.161. The lowest BCUT2D eigenvalue weighted by Gasteiger charge is -1.97. The highest BCUT2D eigenvalue weighted by molar-refractivity contribution is 4.41. The van der Waals surface area contributed by atoms with Crippen LogP contribution in [0.1, 0.15) is 26.2 Å². The quantitative estimate of drug-likeness (QED) is 0.562. The van der Waals surface area contributed by atoms with E-state index in [-0.39, 0.29) is 0 Å². The van der Waals surface area contributed by atoms with Crippen molar-refractivity contribution in [3.8, 4) is 0 Å². The summed E-state index contributed by atoms with van der Waals surface area (Å²) in [6, 6.07) is 0. The van der Waals surface area contributed by atoms with Gasteiger partial charge in [0.05, 0.1) is 0 Å². The smallest absolute Gasteiger partial charge is 0.117 e. The van der Waals surface area contributed by atoms with E-state index in [2.05, 4.69) is 0 Å². The summed E-state index contributed by atoms with van der Waals surface area (Å²) in [6.45, 7) is 2.04. The second kappa shape index (κ2) is 4.09. The van der Waals surface area contributed by atoms with Gasteiger partial charge in [-0.1, -0.05) is 13.3 Å². The first kappa shape index (κ1) is 6.92. The van der Waals surface area contributed by atoms with Crippen LogP contribution in [0.15, 0.2) is 0 Å². The molecular formula is C5H12NO. The molecule has 1 atom stereocenters. The van der Waals surface area contributed by atoms with Crippen molar-refractivity contribution in [3.05, 3.63) is 0 Å². The molecule has 0 amide bonds. The van der Waals surface area contributed by atoms with Gasteiger partial charge < -0.3 is 5.11 Å². The van der Waals surface area contributed by atoms with Crippen LogP contribution < -0.4 is 5.73 Å². The fraction of sp³-hybridized carbons (Fsp3) is 1.00. The summed E-state index contributed by atoms with van der Waals surface area (Å²) in [7, 11) is 0. The summed E-state index contributed by atoms with van der Waals surface area (Å²) in [4.78, 5) is 0. The molecule has 0 aromatic rings. The molecular weight excluding hydrogens is 90.1 g/mol. The van der Waals surface area contributed by atoms with Crippen molar-refractivity contribution < 1.29 is 5.11 Å². The monoisotopic (exact) mass is 102 g/mol. The van der Waals surface area contributed by atoms with E-state index in [4.69, 9.17) is 10.8 Å². The van der Waals surface area contributed by atoms with Gasteiger partial charge >= 0.3 is 0 Å². The maximum Gasteiger partial charge on any atom is 0.117 e. The molecule has 7 heavy (non-hydrogen) atoms. The van der Waals surface area contributed by atoms with Crippen LogP contribution in [0.2, 0.25) is 0 Å². The predicted octanol–water partition coefficient (Wildman–Crippen LogP) is 0.778. The molecule has 0 saturated carbocycles. The highest BCUT2D eigenvalue weighted by atomic mass is 16.3. The molecule has 43 valence electrons. The van der Waals surface area contributed by atoms with E-state index in [0.29, 0.717) is 6.42 Å².